The third-order valence-electron chi connectivity index (χ3n) is 4.73. The molecule has 1 saturated carbocycles. The minimum atomic E-state index is -2.49. The smallest absolute Gasteiger partial charge is 0.256 e. The zero-order valence-electron chi connectivity index (χ0n) is 11.3. The standard InChI is InChI=1S/C14H16F2N4/c1-19-6-3-10-11(19)17-9-18-12(10)20-5-2-4-13(8-20)7-14(13,15)16/h3,6,9H,2,4-5,7-8H2,1H3. The first kappa shape index (κ1) is 12.1. The van der Waals surface area contributed by atoms with E-state index in [4.69, 9.17) is 0 Å². The van der Waals surface area contributed by atoms with Crippen molar-refractivity contribution in [3.05, 3.63) is 18.6 Å². The lowest BCUT2D eigenvalue weighted by atomic mass is 9.94. The molecule has 1 aliphatic heterocycles. The Balaban J connectivity index is 1.73. The van der Waals surface area contributed by atoms with Crippen molar-refractivity contribution in [1.82, 2.24) is 14.5 Å². The summed E-state index contributed by atoms with van der Waals surface area (Å²) in [6.07, 6.45) is 4.89. The van der Waals surface area contributed by atoms with Gasteiger partial charge in [-0.15, -0.1) is 0 Å². The van der Waals surface area contributed by atoms with Gasteiger partial charge in [-0.3, -0.25) is 0 Å². The minimum Gasteiger partial charge on any atom is -0.355 e. The molecule has 0 amide bonds. The summed E-state index contributed by atoms with van der Waals surface area (Å²) in [7, 11) is 1.92. The fourth-order valence-corrected chi connectivity index (χ4v) is 3.45. The lowest BCUT2D eigenvalue weighted by Crippen LogP contribution is -2.39. The van der Waals surface area contributed by atoms with Gasteiger partial charge in [0.25, 0.3) is 5.92 Å². The highest BCUT2D eigenvalue weighted by Crippen LogP contribution is 2.64. The van der Waals surface area contributed by atoms with E-state index >= 15 is 0 Å². The molecule has 1 unspecified atom stereocenters. The molecule has 20 heavy (non-hydrogen) atoms. The second-order valence-electron chi connectivity index (χ2n) is 6.05. The number of halogens is 2. The minimum absolute atomic E-state index is 0.0273. The largest absolute Gasteiger partial charge is 0.355 e. The highest BCUT2D eigenvalue weighted by atomic mass is 19.3. The highest BCUT2D eigenvalue weighted by Gasteiger charge is 2.71. The van der Waals surface area contributed by atoms with E-state index in [1.165, 1.54) is 6.33 Å². The van der Waals surface area contributed by atoms with Crippen molar-refractivity contribution in [3.63, 3.8) is 0 Å². The molecule has 0 bridgehead atoms. The number of fused-ring (bicyclic) bond motifs is 1. The van der Waals surface area contributed by atoms with Gasteiger partial charge in [0.15, 0.2) is 0 Å². The number of hydrogen-bond donors (Lipinski definition) is 0. The molecule has 0 aromatic carbocycles. The third-order valence-corrected chi connectivity index (χ3v) is 4.73. The molecule has 106 valence electrons. The highest BCUT2D eigenvalue weighted by molar-refractivity contribution is 5.87. The zero-order valence-corrected chi connectivity index (χ0v) is 11.3. The normalized spacial score (nSPS) is 28.2. The van der Waals surface area contributed by atoms with Crippen LogP contribution in [0.1, 0.15) is 19.3 Å². The summed E-state index contributed by atoms with van der Waals surface area (Å²) in [5, 5.41) is 0.941. The number of aromatic nitrogens is 3. The molecule has 4 nitrogen and oxygen atoms in total. The molecule has 2 fully saturated rings. The van der Waals surface area contributed by atoms with Gasteiger partial charge in [-0.2, -0.15) is 0 Å². The number of piperidine rings is 1. The molecule has 2 aromatic heterocycles. The maximum atomic E-state index is 13.6. The Morgan fingerprint density at radius 2 is 2.10 bits per heavy atom. The summed E-state index contributed by atoms with van der Waals surface area (Å²) >= 11 is 0. The third kappa shape index (κ3) is 1.50. The van der Waals surface area contributed by atoms with E-state index < -0.39 is 11.3 Å². The van der Waals surface area contributed by atoms with Crippen molar-refractivity contribution in [1.29, 1.82) is 0 Å². The molecule has 1 saturated heterocycles. The molecule has 2 aliphatic rings. The van der Waals surface area contributed by atoms with Crippen LogP contribution in [0.25, 0.3) is 11.0 Å². The molecule has 1 spiro atoms. The number of hydrogen-bond acceptors (Lipinski definition) is 3. The summed E-state index contributed by atoms with van der Waals surface area (Å²) in [6, 6.07) is 1.96. The number of rotatable bonds is 1. The quantitative estimate of drug-likeness (QED) is 0.804. The fraction of sp³-hybridized carbons (Fsp3) is 0.571. The van der Waals surface area contributed by atoms with E-state index in [0.717, 1.165) is 29.8 Å². The molecule has 1 atom stereocenters. The summed E-state index contributed by atoms with van der Waals surface area (Å²) in [4.78, 5) is 10.6. The molecule has 4 rings (SSSR count). The molecule has 3 heterocycles. The second-order valence-corrected chi connectivity index (χ2v) is 6.05. The molecule has 1 aliphatic carbocycles. The van der Waals surface area contributed by atoms with Crippen molar-refractivity contribution >= 4 is 16.9 Å². The molecular weight excluding hydrogens is 262 g/mol. The summed E-state index contributed by atoms with van der Waals surface area (Å²) in [5.41, 5.74) is 0.0364. The van der Waals surface area contributed by atoms with Crippen LogP contribution in [0.2, 0.25) is 0 Å². The molecule has 6 heteroatoms. The van der Waals surface area contributed by atoms with Crippen LogP contribution < -0.4 is 4.90 Å². The molecule has 0 radical (unpaired) electrons. The van der Waals surface area contributed by atoms with E-state index in [0.29, 0.717) is 13.0 Å². The van der Waals surface area contributed by atoms with Crippen LogP contribution in [0.3, 0.4) is 0 Å². The predicted octanol–water partition coefficient (Wildman–Crippen LogP) is 2.59. The lowest BCUT2D eigenvalue weighted by Gasteiger charge is -2.34. The van der Waals surface area contributed by atoms with Crippen molar-refractivity contribution in [2.45, 2.75) is 25.2 Å². The van der Waals surface area contributed by atoms with Crippen molar-refractivity contribution < 1.29 is 8.78 Å². The lowest BCUT2D eigenvalue weighted by molar-refractivity contribution is 0.0575. The van der Waals surface area contributed by atoms with Gasteiger partial charge in [-0.1, -0.05) is 0 Å². The van der Waals surface area contributed by atoms with Crippen molar-refractivity contribution in [3.8, 4) is 0 Å². The average molecular weight is 278 g/mol. The van der Waals surface area contributed by atoms with Crippen molar-refractivity contribution in [2.24, 2.45) is 12.5 Å². The second kappa shape index (κ2) is 3.68. The van der Waals surface area contributed by atoms with Crippen LogP contribution >= 0.6 is 0 Å². The van der Waals surface area contributed by atoms with E-state index in [2.05, 4.69) is 9.97 Å². The van der Waals surface area contributed by atoms with E-state index in [1.807, 2.05) is 28.8 Å². The van der Waals surface area contributed by atoms with Crippen LogP contribution in [0.4, 0.5) is 14.6 Å². The summed E-state index contributed by atoms with van der Waals surface area (Å²) < 4.78 is 29.2. The Morgan fingerprint density at radius 1 is 1.30 bits per heavy atom. The Hall–Kier alpha value is -1.72. The van der Waals surface area contributed by atoms with Gasteiger partial charge in [0.1, 0.15) is 17.8 Å². The molecule has 2 aromatic rings. The fourth-order valence-electron chi connectivity index (χ4n) is 3.45. The van der Waals surface area contributed by atoms with Gasteiger partial charge in [0.05, 0.1) is 10.8 Å². The van der Waals surface area contributed by atoms with Crippen LogP contribution in [0.15, 0.2) is 18.6 Å². The van der Waals surface area contributed by atoms with Crippen molar-refractivity contribution in [2.75, 3.05) is 18.0 Å². The first-order chi connectivity index (χ1) is 9.52. The Labute approximate surface area is 115 Å². The Bertz CT molecular complexity index is 681. The van der Waals surface area contributed by atoms with Crippen LogP contribution in [0.5, 0.6) is 0 Å². The van der Waals surface area contributed by atoms with E-state index in [-0.39, 0.29) is 6.42 Å². The van der Waals surface area contributed by atoms with Gasteiger partial charge >= 0.3 is 0 Å². The number of nitrogens with zero attached hydrogens (tertiary/aromatic N) is 4. The van der Waals surface area contributed by atoms with Crippen LogP contribution in [-0.4, -0.2) is 33.5 Å². The predicted molar refractivity (Wildman–Crippen MR) is 72.0 cm³/mol. The number of alkyl halides is 2. The van der Waals surface area contributed by atoms with Crippen LogP contribution in [0, 0.1) is 5.41 Å². The number of aryl methyl sites for hydroxylation is 1. The van der Waals surface area contributed by atoms with Gasteiger partial charge in [0.2, 0.25) is 0 Å². The summed E-state index contributed by atoms with van der Waals surface area (Å²) in [5.74, 6) is -1.70. The average Bonchev–Trinajstić information content (AvgIpc) is 2.77. The first-order valence-corrected chi connectivity index (χ1v) is 6.91. The van der Waals surface area contributed by atoms with E-state index in [1.54, 1.807) is 0 Å². The maximum Gasteiger partial charge on any atom is 0.256 e. The monoisotopic (exact) mass is 278 g/mol. The van der Waals surface area contributed by atoms with Gasteiger partial charge in [-0.25, -0.2) is 18.7 Å². The Morgan fingerprint density at radius 3 is 2.85 bits per heavy atom. The SMILES string of the molecule is Cn1ccc2c(N3CCCC4(C3)CC4(F)F)ncnc21. The van der Waals surface area contributed by atoms with Gasteiger partial charge < -0.3 is 9.47 Å². The molecule has 0 N–H and O–H groups in total. The maximum absolute atomic E-state index is 13.6. The van der Waals surface area contributed by atoms with Gasteiger partial charge in [-0.05, 0) is 18.9 Å². The first-order valence-electron chi connectivity index (χ1n) is 6.91. The topological polar surface area (TPSA) is 34.0 Å². The zero-order chi connectivity index (χ0) is 14.0. The number of anilines is 1. The molecular formula is C14H16F2N4. The van der Waals surface area contributed by atoms with E-state index in [9.17, 15) is 8.78 Å². The summed E-state index contributed by atoms with van der Waals surface area (Å²) in [6.45, 7) is 1.19. The van der Waals surface area contributed by atoms with Crippen LogP contribution in [-0.2, 0) is 7.05 Å². The Kier molecular flexibility index (Phi) is 2.22. The van der Waals surface area contributed by atoms with Gasteiger partial charge in [0, 0.05) is 32.8 Å².